The van der Waals surface area contributed by atoms with Crippen LogP contribution in [0.15, 0.2) is 23.6 Å². The van der Waals surface area contributed by atoms with Gasteiger partial charge < -0.3 is 10.5 Å². The molecule has 112 valence electrons. The van der Waals surface area contributed by atoms with Crippen molar-refractivity contribution < 1.29 is 22.7 Å². The van der Waals surface area contributed by atoms with Crippen LogP contribution in [0.4, 0.5) is 18.9 Å². The molecule has 1 heterocycles. The van der Waals surface area contributed by atoms with Crippen molar-refractivity contribution in [3.63, 3.8) is 0 Å². The molecule has 0 saturated heterocycles. The van der Waals surface area contributed by atoms with Gasteiger partial charge in [-0.05, 0) is 19.1 Å². The molecule has 0 amide bonds. The Morgan fingerprint density at radius 1 is 1.43 bits per heavy atom. The maximum atomic E-state index is 12.5. The Bertz CT molecular complexity index is 668. The molecule has 1 aromatic carbocycles. The largest absolute Gasteiger partial charge is 0.462 e. The topological polar surface area (TPSA) is 65.2 Å². The number of carbonyl (C=O) groups is 1. The molecule has 0 aliphatic heterocycles. The lowest BCUT2D eigenvalue weighted by atomic mass is 10.1. The highest BCUT2D eigenvalue weighted by Gasteiger charge is 2.34. The van der Waals surface area contributed by atoms with Gasteiger partial charge >= 0.3 is 12.1 Å². The summed E-state index contributed by atoms with van der Waals surface area (Å²) in [6.45, 7) is 1.82. The lowest BCUT2D eigenvalue weighted by Gasteiger charge is -2.07. The molecule has 0 fully saturated rings. The summed E-state index contributed by atoms with van der Waals surface area (Å²) in [7, 11) is 0. The molecule has 2 aromatic rings. The van der Waals surface area contributed by atoms with E-state index in [-0.39, 0.29) is 23.6 Å². The van der Waals surface area contributed by atoms with Crippen molar-refractivity contribution in [1.29, 1.82) is 0 Å². The number of aromatic nitrogens is 1. The highest BCUT2D eigenvalue weighted by molar-refractivity contribution is 7.10. The van der Waals surface area contributed by atoms with Crippen LogP contribution in [0, 0.1) is 0 Å². The van der Waals surface area contributed by atoms with Crippen LogP contribution in [0.25, 0.3) is 11.3 Å². The molecule has 0 unspecified atom stereocenters. The minimum Gasteiger partial charge on any atom is -0.462 e. The van der Waals surface area contributed by atoms with Gasteiger partial charge in [-0.25, -0.2) is 9.78 Å². The second kappa shape index (κ2) is 5.72. The summed E-state index contributed by atoms with van der Waals surface area (Å²) in [5.74, 6) is -0.622. The maximum Gasteiger partial charge on any atom is 0.443 e. The molecule has 0 saturated carbocycles. The van der Waals surface area contributed by atoms with Crippen molar-refractivity contribution >= 4 is 23.0 Å². The molecule has 0 aliphatic rings. The van der Waals surface area contributed by atoms with Gasteiger partial charge in [-0.1, -0.05) is 6.07 Å². The number of ether oxygens (including phenoxy) is 1. The average molecular weight is 316 g/mol. The number of anilines is 1. The number of benzene rings is 1. The average Bonchev–Trinajstić information content (AvgIpc) is 2.89. The zero-order valence-corrected chi connectivity index (χ0v) is 11.7. The summed E-state index contributed by atoms with van der Waals surface area (Å²) in [4.78, 5) is 15.2. The van der Waals surface area contributed by atoms with E-state index in [9.17, 15) is 18.0 Å². The molecule has 0 aliphatic carbocycles. The smallest absolute Gasteiger partial charge is 0.443 e. The number of hydrogen-bond donors (Lipinski definition) is 1. The van der Waals surface area contributed by atoms with Gasteiger partial charge in [-0.2, -0.15) is 13.2 Å². The molecular formula is C13H11F3N2O2S. The van der Waals surface area contributed by atoms with Gasteiger partial charge in [0, 0.05) is 16.6 Å². The SMILES string of the molecule is CCOC(=O)c1cc(-c2csc(C(F)(F)F)n2)ccc1N. The van der Waals surface area contributed by atoms with Crippen molar-refractivity contribution in [3.05, 3.63) is 34.2 Å². The van der Waals surface area contributed by atoms with E-state index in [4.69, 9.17) is 10.5 Å². The van der Waals surface area contributed by atoms with E-state index in [1.165, 1.54) is 23.6 Å². The first-order chi connectivity index (χ1) is 9.82. The molecule has 8 heteroatoms. The van der Waals surface area contributed by atoms with Gasteiger partial charge in [0.1, 0.15) is 0 Å². The van der Waals surface area contributed by atoms with Crippen LogP contribution in [0.1, 0.15) is 22.3 Å². The third-order valence-electron chi connectivity index (χ3n) is 2.59. The summed E-state index contributed by atoms with van der Waals surface area (Å²) in [5, 5.41) is 0.343. The van der Waals surface area contributed by atoms with Crippen LogP contribution in [0.2, 0.25) is 0 Å². The minimum absolute atomic E-state index is 0.107. The monoisotopic (exact) mass is 316 g/mol. The highest BCUT2D eigenvalue weighted by atomic mass is 32.1. The Morgan fingerprint density at radius 2 is 2.14 bits per heavy atom. The van der Waals surface area contributed by atoms with E-state index in [2.05, 4.69) is 4.98 Å². The standard InChI is InChI=1S/C13H11F3N2O2S/c1-2-20-11(19)8-5-7(3-4-9(8)17)10-6-21-12(18-10)13(14,15)16/h3-6H,2,17H2,1H3. The molecular weight excluding hydrogens is 305 g/mol. The normalized spacial score (nSPS) is 11.4. The molecule has 0 atom stereocenters. The number of carbonyl (C=O) groups excluding carboxylic acids is 1. The molecule has 21 heavy (non-hydrogen) atoms. The summed E-state index contributed by atoms with van der Waals surface area (Å²) >= 11 is 0.496. The van der Waals surface area contributed by atoms with Crippen LogP contribution >= 0.6 is 11.3 Å². The molecule has 0 spiro atoms. The van der Waals surface area contributed by atoms with E-state index in [0.717, 1.165) is 0 Å². The van der Waals surface area contributed by atoms with Gasteiger partial charge in [-0.3, -0.25) is 0 Å². The van der Waals surface area contributed by atoms with Crippen LogP contribution in [0.5, 0.6) is 0 Å². The Morgan fingerprint density at radius 3 is 2.71 bits per heavy atom. The van der Waals surface area contributed by atoms with Crippen LogP contribution in [-0.2, 0) is 10.9 Å². The Hall–Kier alpha value is -2.09. The van der Waals surface area contributed by atoms with Crippen molar-refractivity contribution in [2.75, 3.05) is 12.3 Å². The van der Waals surface area contributed by atoms with E-state index < -0.39 is 17.2 Å². The summed E-state index contributed by atoms with van der Waals surface area (Å²) < 4.78 is 42.5. The van der Waals surface area contributed by atoms with E-state index in [0.29, 0.717) is 16.9 Å². The third kappa shape index (κ3) is 3.33. The van der Waals surface area contributed by atoms with Crippen molar-refractivity contribution in [1.82, 2.24) is 4.98 Å². The second-order valence-electron chi connectivity index (χ2n) is 4.06. The van der Waals surface area contributed by atoms with Crippen molar-refractivity contribution in [2.24, 2.45) is 0 Å². The Labute approximate surface area is 122 Å². The highest BCUT2D eigenvalue weighted by Crippen LogP contribution is 2.34. The van der Waals surface area contributed by atoms with Crippen LogP contribution in [0.3, 0.4) is 0 Å². The number of esters is 1. The first-order valence-electron chi connectivity index (χ1n) is 5.92. The molecule has 2 rings (SSSR count). The van der Waals surface area contributed by atoms with Crippen LogP contribution in [-0.4, -0.2) is 17.6 Å². The van der Waals surface area contributed by atoms with Crippen LogP contribution < -0.4 is 5.73 Å². The summed E-state index contributed by atoms with van der Waals surface area (Å²) in [5.41, 5.74) is 6.49. The fourth-order valence-corrected chi connectivity index (χ4v) is 2.33. The zero-order chi connectivity index (χ0) is 15.6. The van der Waals surface area contributed by atoms with E-state index in [1.54, 1.807) is 6.92 Å². The molecule has 2 N–H and O–H groups in total. The first kappa shape index (κ1) is 15.3. The summed E-state index contributed by atoms with van der Waals surface area (Å²) in [6, 6.07) is 4.32. The van der Waals surface area contributed by atoms with Crippen molar-refractivity contribution in [3.8, 4) is 11.3 Å². The van der Waals surface area contributed by atoms with Gasteiger partial charge in [0.15, 0.2) is 5.01 Å². The van der Waals surface area contributed by atoms with Crippen molar-refractivity contribution in [2.45, 2.75) is 13.1 Å². The summed E-state index contributed by atoms with van der Waals surface area (Å²) in [6.07, 6.45) is -4.49. The van der Waals surface area contributed by atoms with E-state index >= 15 is 0 Å². The predicted molar refractivity (Wildman–Crippen MR) is 72.9 cm³/mol. The fraction of sp³-hybridized carbons (Fsp3) is 0.231. The molecule has 4 nitrogen and oxygen atoms in total. The lowest BCUT2D eigenvalue weighted by molar-refractivity contribution is -0.137. The second-order valence-corrected chi connectivity index (χ2v) is 4.92. The maximum absolute atomic E-state index is 12.5. The van der Waals surface area contributed by atoms with E-state index in [1.807, 2.05) is 0 Å². The molecule has 1 aromatic heterocycles. The number of nitrogens with zero attached hydrogens (tertiary/aromatic N) is 1. The third-order valence-corrected chi connectivity index (χ3v) is 3.48. The number of hydrogen-bond acceptors (Lipinski definition) is 5. The molecule has 0 radical (unpaired) electrons. The first-order valence-corrected chi connectivity index (χ1v) is 6.80. The van der Waals surface area contributed by atoms with Gasteiger partial charge in [0.25, 0.3) is 0 Å². The Balaban J connectivity index is 2.39. The van der Waals surface area contributed by atoms with Gasteiger partial charge in [-0.15, -0.1) is 11.3 Å². The van der Waals surface area contributed by atoms with Gasteiger partial charge in [0.05, 0.1) is 17.9 Å². The number of halogens is 3. The number of thiazole rings is 1. The zero-order valence-electron chi connectivity index (χ0n) is 10.9. The van der Waals surface area contributed by atoms with Gasteiger partial charge in [0.2, 0.25) is 0 Å². The predicted octanol–water partition coefficient (Wildman–Crippen LogP) is 3.59. The molecule has 0 bridgehead atoms. The Kier molecular flexibility index (Phi) is 4.17. The minimum atomic E-state index is -4.49. The fourth-order valence-electron chi connectivity index (χ4n) is 1.64. The number of rotatable bonds is 3. The number of nitrogens with two attached hydrogens (primary N) is 1. The lowest BCUT2D eigenvalue weighted by Crippen LogP contribution is -2.08. The quantitative estimate of drug-likeness (QED) is 0.694. The number of alkyl halides is 3. The number of nitrogen functional groups attached to an aromatic ring is 1.